The molecule has 1 aliphatic heterocycles. The van der Waals surface area contributed by atoms with Crippen molar-refractivity contribution in [2.75, 3.05) is 19.7 Å². The lowest BCUT2D eigenvalue weighted by Gasteiger charge is -2.42. The van der Waals surface area contributed by atoms with Crippen LogP contribution >= 0.6 is 0 Å². The standard InChI is InChI=1S/C25H25F2NO3/c1-17-6-9-23(31-17)18-4-2-5-19(12-18)24(30)28-11-3-10-25(15-28,16-29)14-20-7-8-21(26)13-22(20)27/h2,4-9,12-13,29H,3,10-11,14-16H2,1H3. The Labute approximate surface area is 180 Å². The SMILES string of the molecule is Cc1ccc(-c2cccc(C(=O)N3CCCC(CO)(Cc4ccc(F)cc4F)C3)c2)o1. The second-order valence-corrected chi connectivity index (χ2v) is 8.39. The average Bonchev–Trinajstić information content (AvgIpc) is 3.22. The number of aryl methyl sites for hydroxylation is 1. The molecular formula is C25H25F2NO3. The first-order valence-electron chi connectivity index (χ1n) is 10.4. The number of benzene rings is 2. The summed E-state index contributed by atoms with van der Waals surface area (Å²) in [5, 5.41) is 10.2. The predicted octanol–water partition coefficient (Wildman–Crippen LogP) is 4.99. The summed E-state index contributed by atoms with van der Waals surface area (Å²) in [6.07, 6.45) is 1.60. The van der Waals surface area contributed by atoms with Gasteiger partial charge in [-0.25, -0.2) is 8.78 Å². The van der Waals surface area contributed by atoms with Crippen LogP contribution in [0.5, 0.6) is 0 Å². The molecule has 0 saturated carbocycles. The van der Waals surface area contributed by atoms with E-state index in [1.54, 1.807) is 17.0 Å². The van der Waals surface area contributed by atoms with Crippen molar-refractivity contribution in [1.29, 1.82) is 0 Å². The van der Waals surface area contributed by atoms with Gasteiger partial charge in [0.1, 0.15) is 23.2 Å². The maximum Gasteiger partial charge on any atom is 0.253 e. The van der Waals surface area contributed by atoms with Crippen LogP contribution in [0.4, 0.5) is 8.78 Å². The molecule has 31 heavy (non-hydrogen) atoms. The van der Waals surface area contributed by atoms with E-state index in [1.165, 1.54) is 12.1 Å². The molecular weight excluding hydrogens is 400 g/mol. The van der Waals surface area contributed by atoms with Crippen LogP contribution in [-0.4, -0.2) is 35.6 Å². The van der Waals surface area contributed by atoms with E-state index >= 15 is 0 Å². The summed E-state index contributed by atoms with van der Waals surface area (Å²) in [4.78, 5) is 15.0. The fourth-order valence-electron chi connectivity index (χ4n) is 4.36. The van der Waals surface area contributed by atoms with Gasteiger partial charge in [-0.05, 0) is 62.1 Å². The van der Waals surface area contributed by atoms with Crippen molar-refractivity contribution in [1.82, 2.24) is 4.90 Å². The molecule has 3 aromatic rings. The van der Waals surface area contributed by atoms with Gasteiger partial charge in [-0.2, -0.15) is 0 Å². The third-order valence-electron chi connectivity index (χ3n) is 6.00. The number of carbonyl (C=O) groups is 1. The van der Waals surface area contributed by atoms with E-state index in [2.05, 4.69) is 0 Å². The Morgan fingerprint density at radius 1 is 1.16 bits per heavy atom. The molecule has 4 rings (SSSR count). The van der Waals surface area contributed by atoms with Gasteiger partial charge in [-0.1, -0.05) is 18.2 Å². The van der Waals surface area contributed by atoms with E-state index in [4.69, 9.17) is 4.42 Å². The van der Waals surface area contributed by atoms with Crippen molar-refractivity contribution in [2.45, 2.75) is 26.2 Å². The zero-order chi connectivity index (χ0) is 22.0. The number of hydrogen-bond acceptors (Lipinski definition) is 3. The summed E-state index contributed by atoms with van der Waals surface area (Å²) >= 11 is 0. The summed E-state index contributed by atoms with van der Waals surface area (Å²) in [6.45, 7) is 2.56. The minimum absolute atomic E-state index is 0.137. The van der Waals surface area contributed by atoms with Gasteiger partial charge in [0.05, 0.1) is 6.61 Å². The molecule has 1 atom stereocenters. The third-order valence-corrected chi connectivity index (χ3v) is 6.00. The smallest absolute Gasteiger partial charge is 0.253 e. The summed E-state index contributed by atoms with van der Waals surface area (Å²) in [5.74, 6) is 0.0946. The number of amides is 1. The van der Waals surface area contributed by atoms with Gasteiger partial charge in [0.25, 0.3) is 5.91 Å². The zero-order valence-corrected chi connectivity index (χ0v) is 17.4. The van der Waals surface area contributed by atoms with Crippen LogP contribution < -0.4 is 0 Å². The zero-order valence-electron chi connectivity index (χ0n) is 17.4. The Hall–Kier alpha value is -2.99. The quantitative estimate of drug-likeness (QED) is 0.627. The fourth-order valence-corrected chi connectivity index (χ4v) is 4.36. The summed E-state index contributed by atoms with van der Waals surface area (Å²) in [6, 6.07) is 14.5. The number of rotatable bonds is 5. The van der Waals surface area contributed by atoms with Crippen molar-refractivity contribution >= 4 is 5.91 Å². The summed E-state index contributed by atoms with van der Waals surface area (Å²) < 4.78 is 33.2. The van der Waals surface area contributed by atoms with E-state index in [0.29, 0.717) is 42.8 Å². The Bertz CT molecular complexity index is 1090. The van der Waals surface area contributed by atoms with Gasteiger partial charge in [-0.3, -0.25) is 4.79 Å². The maximum atomic E-state index is 14.2. The Morgan fingerprint density at radius 3 is 2.71 bits per heavy atom. The predicted molar refractivity (Wildman–Crippen MR) is 114 cm³/mol. The highest BCUT2D eigenvalue weighted by molar-refractivity contribution is 5.95. The van der Waals surface area contributed by atoms with E-state index < -0.39 is 17.0 Å². The molecule has 1 unspecified atom stereocenters. The van der Waals surface area contributed by atoms with Crippen molar-refractivity contribution in [2.24, 2.45) is 5.41 Å². The Kier molecular flexibility index (Phi) is 5.92. The highest BCUT2D eigenvalue weighted by atomic mass is 19.1. The van der Waals surface area contributed by atoms with E-state index in [0.717, 1.165) is 17.4 Å². The molecule has 1 aliphatic rings. The topological polar surface area (TPSA) is 53.7 Å². The first kappa shape index (κ1) is 21.2. The molecule has 0 radical (unpaired) electrons. The molecule has 2 heterocycles. The lowest BCUT2D eigenvalue weighted by Crippen LogP contribution is -2.49. The van der Waals surface area contributed by atoms with Crippen molar-refractivity contribution in [3.63, 3.8) is 0 Å². The number of carbonyl (C=O) groups excluding carboxylic acids is 1. The highest BCUT2D eigenvalue weighted by Gasteiger charge is 2.37. The van der Waals surface area contributed by atoms with Crippen LogP contribution in [0.25, 0.3) is 11.3 Å². The Balaban J connectivity index is 1.55. The number of likely N-dealkylation sites (tertiary alicyclic amines) is 1. The highest BCUT2D eigenvalue weighted by Crippen LogP contribution is 2.35. The summed E-state index contributed by atoms with van der Waals surface area (Å²) in [7, 11) is 0. The largest absolute Gasteiger partial charge is 0.461 e. The van der Waals surface area contributed by atoms with Crippen molar-refractivity contribution in [3.8, 4) is 11.3 Å². The molecule has 0 spiro atoms. The van der Waals surface area contributed by atoms with Crippen LogP contribution in [-0.2, 0) is 6.42 Å². The molecule has 2 aromatic carbocycles. The number of nitrogens with zero attached hydrogens (tertiary/aromatic N) is 1. The normalized spacial score (nSPS) is 18.9. The number of furan rings is 1. The maximum absolute atomic E-state index is 14.2. The van der Waals surface area contributed by atoms with Crippen LogP contribution in [0.1, 0.15) is 34.5 Å². The first-order chi connectivity index (χ1) is 14.9. The van der Waals surface area contributed by atoms with Gasteiger partial charge < -0.3 is 14.4 Å². The summed E-state index contributed by atoms with van der Waals surface area (Å²) in [5.41, 5.74) is 1.04. The van der Waals surface area contributed by atoms with Gasteiger partial charge in [0, 0.05) is 35.7 Å². The molecule has 1 saturated heterocycles. The molecule has 1 aromatic heterocycles. The van der Waals surface area contributed by atoms with Gasteiger partial charge >= 0.3 is 0 Å². The van der Waals surface area contributed by atoms with Crippen LogP contribution in [0.15, 0.2) is 59.0 Å². The number of piperidine rings is 1. The molecule has 4 nitrogen and oxygen atoms in total. The number of hydrogen-bond donors (Lipinski definition) is 1. The van der Waals surface area contributed by atoms with Crippen molar-refractivity contribution < 1.29 is 23.1 Å². The Morgan fingerprint density at radius 2 is 2.00 bits per heavy atom. The molecule has 0 aliphatic carbocycles. The molecule has 1 N–H and O–H groups in total. The van der Waals surface area contributed by atoms with Gasteiger partial charge in [0.2, 0.25) is 0 Å². The van der Waals surface area contributed by atoms with E-state index in [9.17, 15) is 18.7 Å². The van der Waals surface area contributed by atoms with E-state index in [-0.39, 0.29) is 18.9 Å². The minimum Gasteiger partial charge on any atom is -0.461 e. The van der Waals surface area contributed by atoms with Crippen LogP contribution in [0.3, 0.4) is 0 Å². The number of aliphatic hydroxyl groups is 1. The van der Waals surface area contributed by atoms with Gasteiger partial charge in [-0.15, -0.1) is 0 Å². The van der Waals surface area contributed by atoms with Crippen LogP contribution in [0.2, 0.25) is 0 Å². The lowest BCUT2D eigenvalue weighted by atomic mass is 9.75. The molecule has 162 valence electrons. The lowest BCUT2D eigenvalue weighted by molar-refractivity contribution is 0.0268. The van der Waals surface area contributed by atoms with Gasteiger partial charge in [0.15, 0.2) is 0 Å². The molecule has 1 amide bonds. The fraction of sp³-hybridized carbons (Fsp3) is 0.320. The second-order valence-electron chi connectivity index (χ2n) is 8.39. The molecule has 0 bridgehead atoms. The van der Waals surface area contributed by atoms with E-state index in [1.807, 2.05) is 31.2 Å². The minimum atomic E-state index is -0.664. The average molecular weight is 425 g/mol. The monoisotopic (exact) mass is 425 g/mol. The number of aliphatic hydroxyl groups excluding tert-OH is 1. The van der Waals surface area contributed by atoms with Crippen molar-refractivity contribution in [3.05, 3.63) is 83.1 Å². The third kappa shape index (κ3) is 4.54. The molecule has 6 heteroatoms. The second kappa shape index (κ2) is 8.63. The number of halogens is 2. The first-order valence-corrected chi connectivity index (χ1v) is 10.4. The molecule has 1 fully saturated rings. The van der Waals surface area contributed by atoms with Crippen LogP contribution in [0, 0.1) is 24.0 Å².